The summed E-state index contributed by atoms with van der Waals surface area (Å²) in [4.78, 5) is 11.1. The standard InChI is InChI=1S/C8H15NO2.ClH/c1-2-11-8(10)7-5-3-4-6-9-7;/h7,9H,2-6H2,1H3;1H/p-1. The first-order valence-corrected chi connectivity index (χ1v) is 4.24. The van der Waals surface area contributed by atoms with Crippen molar-refractivity contribution in [2.45, 2.75) is 32.2 Å². The molecule has 1 unspecified atom stereocenters. The molecule has 1 aliphatic rings. The summed E-state index contributed by atoms with van der Waals surface area (Å²) >= 11 is 0. The van der Waals surface area contributed by atoms with Gasteiger partial charge in [0.2, 0.25) is 0 Å². The van der Waals surface area contributed by atoms with E-state index >= 15 is 0 Å². The molecular formula is C8H15ClNO2-. The number of carbonyl (C=O) groups is 1. The summed E-state index contributed by atoms with van der Waals surface area (Å²) in [5.74, 6) is -0.0906. The highest BCUT2D eigenvalue weighted by Gasteiger charge is 2.20. The lowest BCUT2D eigenvalue weighted by Gasteiger charge is -2.21. The Hall–Kier alpha value is -0.280. The highest BCUT2D eigenvalue weighted by molar-refractivity contribution is 5.75. The van der Waals surface area contributed by atoms with Crippen LogP contribution in [-0.2, 0) is 9.53 Å². The van der Waals surface area contributed by atoms with Crippen molar-refractivity contribution in [3.05, 3.63) is 0 Å². The number of halogens is 1. The van der Waals surface area contributed by atoms with Crippen molar-refractivity contribution in [1.82, 2.24) is 5.32 Å². The van der Waals surface area contributed by atoms with Gasteiger partial charge in [0.15, 0.2) is 0 Å². The molecule has 1 fully saturated rings. The van der Waals surface area contributed by atoms with Crippen LogP contribution in [0.15, 0.2) is 0 Å². The Labute approximate surface area is 79.3 Å². The first-order valence-electron chi connectivity index (χ1n) is 4.24. The number of hydrogen-bond acceptors (Lipinski definition) is 3. The molecule has 0 aromatic rings. The predicted molar refractivity (Wildman–Crippen MR) is 42.3 cm³/mol. The van der Waals surface area contributed by atoms with Crippen LogP contribution < -0.4 is 17.7 Å². The third-order valence-electron chi connectivity index (χ3n) is 1.88. The maximum atomic E-state index is 11.1. The fraction of sp³-hybridized carbons (Fsp3) is 0.875. The lowest BCUT2D eigenvalue weighted by atomic mass is 10.1. The van der Waals surface area contributed by atoms with E-state index in [1.807, 2.05) is 6.92 Å². The number of rotatable bonds is 2. The molecule has 12 heavy (non-hydrogen) atoms. The van der Waals surface area contributed by atoms with Gasteiger partial charge in [-0.15, -0.1) is 0 Å². The molecule has 0 aromatic heterocycles. The summed E-state index contributed by atoms with van der Waals surface area (Å²) in [6.45, 7) is 3.27. The predicted octanol–water partition coefficient (Wildman–Crippen LogP) is -2.30. The van der Waals surface area contributed by atoms with E-state index in [4.69, 9.17) is 4.74 Å². The second-order valence-electron chi connectivity index (χ2n) is 2.75. The molecule has 0 aliphatic carbocycles. The van der Waals surface area contributed by atoms with Crippen LogP contribution in [0, 0.1) is 0 Å². The Kier molecular flexibility index (Phi) is 6.11. The first kappa shape index (κ1) is 11.7. The van der Waals surface area contributed by atoms with E-state index in [1.54, 1.807) is 0 Å². The average Bonchev–Trinajstić information content (AvgIpc) is 2.07. The quantitative estimate of drug-likeness (QED) is 0.500. The van der Waals surface area contributed by atoms with Crippen molar-refractivity contribution >= 4 is 5.97 Å². The summed E-state index contributed by atoms with van der Waals surface area (Å²) in [6.07, 6.45) is 3.24. The van der Waals surface area contributed by atoms with Gasteiger partial charge in [-0.05, 0) is 26.3 Å². The zero-order valence-corrected chi connectivity index (χ0v) is 8.06. The van der Waals surface area contributed by atoms with Crippen LogP contribution >= 0.6 is 0 Å². The van der Waals surface area contributed by atoms with Crippen LogP contribution in [0.5, 0.6) is 0 Å². The van der Waals surface area contributed by atoms with Crippen LogP contribution in [0.4, 0.5) is 0 Å². The normalized spacial score (nSPS) is 22.6. The smallest absolute Gasteiger partial charge is 0.323 e. The van der Waals surface area contributed by atoms with Crippen LogP contribution in [0.25, 0.3) is 0 Å². The molecule has 1 saturated heterocycles. The van der Waals surface area contributed by atoms with Gasteiger partial charge in [0.25, 0.3) is 0 Å². The van der Waals surface area contributed by atoms with E-state index in [-0.39, 0.29) is 24.4 Å². The minimum absolute atomic E-state index is 0. The fourth-order valence-electron chi connectivity index (χ4n) is 1.30. The first-order chi connectivity index (χ1) is 5.34. The maximum Gasteiger partial charge on any atom is 0.323 e. The molecular weight excluding hydrogens is 178 g/mol. The van der Waals surface area contributed by atoms with Crippen LogP contribution in [-0.4, -0.2) is 25.2 Å². The lowest BCUT2D eigenvalue weighted by molar-refractivity contribution is -0.146. The van der Waals surface area contributed by atoms with Gasteiger partial charge in [-0.25, -0.2) is 0 Å². The van der Waals surface area contributed by atoms with Crippen molar-refractivity contribution in [2.24, 2.45) is 0 Å². The minimum Gasteiger partial charge on any atom is -1.00 e. The van der Waals surface area contributed by atoms with Crippen molar-refractivity contribution in [3.63, 3.8) is 0 Å². The van der Waals surface area contributed by atoms with Gasteiger partial charge >= 0.3 is 5.97 Å². The van der Waals surface area contributed by atoms with E-state index in [0.29, 0.717) is 6.61 Å². The van der Waals surface area contributed by atoms with Gasteiger partial charge in [-0.2, -0.15) is 0 Å². The van der Waals surface area contributed by atoms with Gasteiger partial charge in [0.05, 0.1) is 6.61 Å². The van der Waals surface area contributed by atoms with Crippen molar-refractivity contribution in [3.8, 4) is 0 Å². The topological polar surface area (TPSA) is 38.3 Å². The number of nitrogens with one attached hydrogen (secondary N) is 1. The monoisotopic (exact) mass is 192 g/mol. The molecule has 1 N–H and O–H groups in total. The van der Waals surface area contributed by atoms with E-state index < -0.39 is 0 Å². The van der Waals surface area contributed by atoms with Crippen LogP contribution in [0.1, 0.15) is 26.2 Å². The summed E-state index contributed by atoms with van der Waals surface area (Å²) in [7, 11) is 0. The summed E-state index contributed by atoms with van der Waals surface area (Å²) < 4.78 is 4.88. The molecule has 72 valence electrons. The Balaban J connectivity index is 0.00000121. The number of carbonyl (C=O) groups excluding carboxylic acids is 1. The molecule has 1 rings (SSSR count). The zero-order valence-electron chi connectivity index (χ0n) is 7.31. The van der Waals surface area contributed by atoms with Gasteiger partial charge in [0.1, 0.15) is 6.04 Å². The van der Waals surface area contributed by atoms with Crippen molar-refractivity contribution in [1.29, 1.82) is 0 Å². The largest absolute Gasteiger partial charge is 1.00 e. The van der Waals surface area contributed by atoms with E-state index in [0.717, 1.165) is 19.4 Å². The second-order valence-corrected chi connectivity index (χ2v) is 2.75. The minimum atomic E-state index is -0.0906. The van der Waals surface area contributed by atoms with E-state index in [2.05, 4.69) is 5.32 Å². The molecule has 0 radical (unpaired) electrons. The van der Waals surface area contributed by atoms with Crippen molar-refractivity contribution < 1.29 is 21.9 Å². The maximum absolute atomic E-state index is 11.1. The highest BCUT2D eigenvalue weighted by Crippen LogP contribution is 2.07. The molecule has 0 saturated carbocycles. The van der Waals surface area contributed by atoms with Gasteiger partial charge in [-0.1, -0.05) is 6.42 Å². The molecule has 4 heteroatoms. The molecule has 1 heterocycles. The summed E-state index contributed by atoms with van der Waals surface area (Å²) in [5.41, 5.74) is 0. The van der Waals surface area contributed by atoms with E-state index in [1.165, 1.54) is 6.42 Å². The molecule has 1 atom stereocenters. The second kappa shape index (κ2) is 6.26. The Morgan fingerprint density at radius 3 is 2.83 bits per heavy atom. The number of piperidine rings is 1. The number of esters is 1. The third-order valence-corrected chi connectivity index (χ3v) is 1.88. The number of ether oxygens (including phenoxy) is 1. The fourth-order valence-corrected chi connectivity index (χ4v) is 1.30. The number of hydrogen-bond donors (Lipinski definition) is 1. The Morgan fingerprint density at radius 2 is 2.33 bits per heavy atom. The molecule has 0 amide bonds. The lowest BCUT2D eigenvalue weighted by Crippen LogP contribution is -3.00. The van der Waals surface area contributed by atoms with Crippen molar-refractivity contribution in [2.75, 3.05) is 13.2 Å². The summed E-state index contributed by atoms with van der Waals surface area (Å²) in [5, 5.41) is 3.13. The molecule has 3 nitrogen and oxygen atoms in total. The SMILES string of the molecule is CCOC(=O)C1CCCCN1.[Cl-]. The molecule has 1 aliphatic heterocycles. The molecule has 0 bridgehead atoms. The van der Waals surface area contributed by atoms with Gasteiger partial charge in [0, 0.05) is 0 Å². The molecule has 0 aromatic carbocycles. The molecule has 0 spiro atoms. The Morgan fingerprint density at radius 1 is 1.58 bits per heavy atom. The highest BCUT2D eigenvalue weighted by atomic mass is 35.5. The van der Waals surface area contributed by atoms with Gasteiger partial charge in [-0.3, -0.25) is 4.79 Å². The Bertz CT molecular complexity index is 135. The van der Waals surface area contributed by atoms with Gasteiger partial charge < -0.3 is 22.5 Å². The zero-order chi connectivity index (χ0) is 8.10. The van der Waals surface area contributed by atoms with E-state index in [9.17, 15) is 4.79 Å². The van der Waals surface area contributed by atoms with Crippen LogP contribution in [0.2, 0.25) is 0 Å². The third kappa shape index (κ3) is 3.41. The average molecular weight is 193 g/mol. The summed E-state index contributed by atoms with van der Waals surface area (Å²) in [6, 6.07) is -0.0382. The van der Waals surface area contributed by atoms with Crippen LogP contribution in [0.3, 0.4) is 0 Å².